The summed E-state index contributed by atoms with van der Waals surface area (Å²) in [6, 6.07) is 15.9. The third-order valence-corrected chi connectivity index (χ3v) is 4.38. The van der Waals surface area contributed by atoms with Crippen LogP contribution in [0.15, 0.2) is 53.6 Å². The zero-order valence-corrected chi connectivity index (χ0v) is 14.7. The van der Waals surface area contributed by atoms with E-state index in [1.165, 1.54) is 5.56 Å². The number of amides is 1. The van der Waals surface area contributed by atoms with Crippen LogP contribution in [0.1, 0.15) is 24.5 Å². The SMILES string of the molecule is COc1cccc(/C(C)=N\NC(=O)CN2CCCc3ccccc32)c1. The number of methoxy groups -OCH3 is 1. The van der Waals surface area contributed by atoms with Crippen LogP contribution >= 0.6 is 0 Å². The second kappa shape index (κ2) is 7.83. The number of carbonyl (C=O) groups excluding carboxylic acids is 1. The van der Waals surface area contributed by atoms with E-state index in [1.807, 2.05) is 43.3 Å². The van der Waals surface area contributed by atoms with Crippen LogP contribution in [-0.2, 0) is 11.2 Å². The minimum absolute atomic E-state index is 0.112. The summed E-state index contributed by atoms with van der Waals surface area (Å²) >= 11 is 0. The number of benzene rings is 2. The normalized spacial score (nSPS) is 14.0. The Hall–Kier alpha value is -2.82. The molecule has 1 heterocycles. The lowest BCUT2D eigenvalue weighted by molar-refractivity contribution is -0.119. The van der Waals surface area contributed by atoms with Gasteiger partial charge in [-0.1, -0.05) is 30.3 Å². The summed E-state index contributed by atoms with van der Waals surface area (Å²) in [7, 11) is 1.63. The molecule has 1 aliphatic rings. The highest BCUT2D eigenvalue weighted by atomic mass is 16.5. The Labute approximate surface area is 148 Å². The van der Waals surface area contributed by atoms with Gasteiger partial charge >= 0.3 is 0 Å². The molecular weight excluding hydrogens is 314 g/mol. The second-order valence-corrected chi connectivity index (χ2v) is 6.12. The standard InChI is InChI=1S/C20H23N3O2/c1-15(17-8-5-10-18(13-17)25-2)21-22-20(24)14-23-12-6-9-16-7-3-4-11-19(16)23/h3-5,7-8,10-11,13H,6,9,12,14H2,1-2H3,(H,22,24)/b21-15-. The lowest BCUT2D eigenvalue weighted by Crippen LogP contribution is -2.38. The monoisotopic (exact) mass is 337 g/mol. The number of ether oxygens (including phenoxy) is 1. The van der Waals surface area contributed by atoms with Gasteiger partial charge in [0, 0.05) is 17.8 Å². The highest BCUT2D eigenvalue weighted by Crippen LogP contribution is 2.26. The number of hydrogen-bond acceptors (Lipinski definition) is 4. The van der Waals surface area contributed by atoms with E-state index in [-0.39, 0.29) is 5.91 Å². The first-order valence-corrected chi connectivity index (χ1v) is 8.48. The molecule has 1 N–H and O–H groups in total. The van der Waals surface area contributed by atoms with Crippen LogP contribution in [0.3, 0.4) is 0 Å². The van der Waals surface area contributed by atoms with Crippen LogP contribution in [-0.4, -0.2) is 31.8 Å². The van der Waals surface area contributed by atoms with Crippen molar-refractivity contribution in [3.63, 3.8) is 0 Å². The smallest absolute Gasteiger partial charge is 0.259 e. The minimum atomic E-state index is -0.112. The zero-order valence-electron chi connectivity index (χ0n) is 14.7. The van der Waals surface area contributed by atoms with Crippen LogP contribution in [0.5, 0.6) is 5.75 Å². The van der Waals surface area contributed by atoms with Gasteiger partial charge in [0.15, 0.2) is 0 Å². The number of para-hydroxylation sites is 1. The molecule has 0 saturated carbocycles. The molecule has 0 bridgehead atoms. The van der Waals surface area contributed by atoms with Gasteiger partial charge in [0.05, 0.1) is 19.4 Å². The number of nitrogens with one attached hydrogen (secondary N) is 1. The van der Waals surface area contributed by atoms with Gasteiger partial charge in [-0.15, -0.1) is 0 Å². The number of nitrogens with zero attached hydrogens (tertiary/aromatic N) is 2. The van der Waals surface area contributed by atoms with Crippen molar-refractivity contribution in [1.82, 2.24) is 5.43 Å². The van der Waals surface area contributed by atoms with Crippen molar-refractivity contribution in [1.29, 1.82) is 0 Å². The molecule has 1 amide bonds. The Morgan fingerprint density at radius 1 is 1.24 bits per heavy atom. The molecule has 0 aliphatic carbocycles. The molecule has 5 heteroatoms. The fourth-order valence-corrected chi connectivity index (χ4v) is 3.04. The van der Waals surface area contributed by atoms with E-state index in [4.69, 9.17) is 4.74 Å². The molecule has 1 aliphatic heterocycles. The number of aryl methyl sites for hydroxylation is 1. The van der Waals surface area contributed by atoms with Crippen molar-refractivity contribution in [2.24, 2.45) is 5.10 Å². The largest absolute Gasteiger partial charge is 0.497 e. The van der Waals surface area contributed by atoms with E-state index in [0.29, 0.717) is 6.54 Å². The van der Waals surface area contributed by atoms with Crippen molar-refractivity contribution >= 4 is 17.3 Å². The van der Waals surface area contributed by atoms with Crippen molar-refractivity contribution < 1.29 is 9.53 Å². The van der Waals surface area contributed by atoms with Gasteiger partial charge in [0.25, 0.3) is 5.91 Å². The van der Waals surface area contributed by atoms with Gasteiger partial charge in [-0.05, 0) is 43.5 Å². The van der Waals surface area contributed by atoms with E-state index < -0.39 is 0 Å². The number of rotatable bonds is 5. The van der Waals surface area contributed by atoms with E-state index in [0.717, 1.165) is 42.1 Å². The average Bonchev–Trinajstić information content (AvgIpc) is 2.66. The maximum Gasteiger partial charge on any atom is 0.259 e. The summed E-state index contributed by atoms with van der Waals surface area (Å²) in [5.74, 6) is 0.655. The Kier molecular flexibility index (Phi) is 5.33. The molecule has 0 spiro atoms. The Balaban J connectivity index is 1.63. The van der Waals surface area contributed by atoms with Gasteiger partial charge in [-0.3, -0.25) is 4.79 Å². The molecule has 25 heavy (non-hydrogen) atoms. The van der Waals surface area contributed by atoms with E-state index in [2.05, 4.69) is 27.6 Å². The molecule has 0 fully saturated rings. The summed E-state index contributed by atoms with van der Waals surface area (Å²) in [5.41, 5.74) is 6.78. The molecule has 5 nitrogen and oxygen atoms in total. The van der Waals surface area contributed by atoms with Crippen LogP contribution < -0.4 is 15.1 Å². The number of carbonyl (C=O) groups is 1. The molecule has 0 radical (unpaired) electrons. The zero-order chi connectivity index (χ0) is 17.6. The van der Waals surface area contributed by atoms with Gasteiger partial charge in [-0.2, -0.15) is 5.10 Å². The van der Waals surface area contributed by atoms with E-state index in [9.17, 15) is 4.79 Å². The fourth-order valence-electron chi connectivity index (χ4n) is 3.04. The Bertz CT molecular complexity index is 786. The van der Waals surface area contributed by atoms with Gasteiger partial charge in [0.1, 0.15) is 5.75 Å². The number of fused-ring (bicyclic) bond motifs is 1. The van der Waals surface area contributed by atoms with Crippen LogP contribution in [0.2, 0.25) is 0 Å². The molecule has 0 unspecified atom stereocenters. The van der Waals surface area contributed by atoms with Gasteiger partial charge in [0.2, 0.25) is 0 Å². The summed E-state index contributed by atoms with van der Waals surface area (Å²) in [6.07, 6.45) is 2.14. The molecule has 0 atom stereocenters. The predicted octanol–water partition coefficient (Wildman–Crippen LogP) is 2.99. The first-order chi connectivity index (χ1) is 12.2. The first-order valence-electron chi connectivity index (χ1n) is 8.48. The topological polar surface area (TPSA) is 53.9 Å². The maximum atomic E-state index is 12.3. The fraction of sp³-hybridized carbons (Fsp3) is 0.300. The van der Waals surface area contributed by atoms with Crippen molar-refractivity contribution in [2.75, 3.05) is 25.1 Å². The second-order valence-electron chi connectivity index (χ2n) is 6.12. The third-order valence-electron chi connectivity index (χ3n) is 4.38. The molecule has 0 aromatic heterocycles. The highest BCUT2D eigenvalue weighted by Gasteiger charge is 2.18. The lowest BCUT2D eigenvalue weighted by Gasteiger charge is -2.30. The number of hydrogen-bond donors (Lipinski definition) is 1. The van der Waals surface area contributed by atoms with Crippen LogP contribution in [0, 0.1) is 0 Å². The van der Waals surface area contributed by atoms with Crippen molar-refractivity contribution in [3.05, 3.63) is 59.7 Å². The summed E-state index contributed by atoms with van der Waals surface area (Å²) in [4.78, 5) is 14.4. The molecule has 0 saturated heterocycles. The van der Waals surface area contributed by atoms with Crippen molar-refractivity contribution in [3.8, 4) is 5.75 Å². The Morgan fingerprint density at radius 3 is 2.92 bits per heavy atom. The first kappa shape index (κ1) is 17.0. The van der Waals surface area contributed by atoms with Gasteiger partial charge < -0.3 is 9.64 Å². The number of hydrazone groups is 1. The van der Waals surface area contributed by atoms with Crippen LogP contribution in [0.4, 0.5) is 5.69 Å². The molecule has 2 aromatic carbocycles. The van der Waals surface area contributed by atoms with E-state index in [1.54, 1.807) is 7.11 Å². The maximum absolute atomic E-state index is 12.3. The molecular formula is C20H23N3O2. The van der Waals surface area contributed by atoms with Gasteiger partial charge in [-0.25, -0.2) is 5.43 Å². The third kappa shape index (κ3) is 4.18. The average molecular weight is 337 g/mol. The molecule has 3 rings (SSSR count). The lowest BCUT2D eigenvalue weighted by atomic mass is 10.0. The van der Waals surface area contributed by atoms with E-state index >= 15 is 0 Å². The summed E-state index contributed by atoms with van der Waals surface area (Å²) in [5, 5.41) is 4.23. The molecule has 2 aromatic rings. The van der Waals surface area contributed by atoms with Crippen LogP contribution in [0.25, 0.3) is 0 Å². The molecule has 130 valence electrons. The van der Waals surface area contributed by atoms with Crippen molar-refractivity contribution in [2.45, 2.75) is 19.8 Å². The quantitative estimate of drug-likeness (QED) is 0.674. The minimum Gasteiger partial charge on any atom is -0.497 e. The summed E-state index contributed by atoms with van der Waals surface area (Å²) in [6.45, 7) is 3.07. The summed E-state index contributed by atoms with van der Waals surface area (Å²) < 4.78 is 5.22. The number of anilines is 1. The highest BCUT2D eigenvalue weighted by molar-refractivity contribution is 5.99. The Morgan fingerprint density at radius 2 is 2.08 bits per heavy atom. The predicted molar refractivity (Wildman–Crippen MR) is 100 cm³/mol.